The van der Waals surface area contributed by atoms with E-state index >= 15 is 0 Å². The van der Waals surface area contributed by atoms with Crippen LogP contribution < -0.4 is 10.6 Å². The lowest BCUT2D eigenvalue weighted by Gasteiger charge is -2.14. The summed E-state index contributed by atoms with van der Waals surface area (Å²) in [6.45, 7) is 2.92. The van der Waals surface area contributed by atoms with Crippen LogP contribution in [0, 0.1) is 0 Å². The van der Waals surface area contributed by atoms with E-state index in [0.717, 1.165) is 16.5 Å². The van der Waals surface area contributed by atoms with E-state index in [1.165, 1.54) is 12.7 Å². The smallest absolute Gasteiger partial charge is 0.337 e. The van der Waals surface area contributed by atoms with Gasteiger partial charge >= 0.3 is 5.97 Å². The molecule has 0 saturated heterocycles. The van der Waals surface area contributed by atoms with Gasteiger partial charge in [-0.2, -0.15) is 0 Å². The molecule has 0 spiro atoms. The van der Waals surface area contributed by atoms with Gasteiger partial charge in [-0.1, -0.05) is 47.1 Å². The minimum Gasteiger partial charge on any atom is -0.465 e. The Kier molecular flexibility index (Phi) is 7.81. The molecule has 2 aromatic rings. The van der Waals surface area contributed by atoms with E-state index in [9.17, 15) is 9.59 Å². The van der Waals surface area contributed by atoms with Crippen LogP contribution in [0.25, 0.3) is 0 Å². The van der Waals surface area contributed by atoms with Crippen molar-refractivity contribution in [2.75, 3.05) is 13.7 Å². The second-order valence-corrected chi connectivity index (χ2v) is 6.89. The summed E-state index contributed by atoms with van der Waals surface area (Å²) in [5.41, 5.74) is 2.64. The molecular formula is C20H24BrN2O3+. The van der Waals surface area contributed by atoms with Crippen molar-refractivity contribution < 1.29 is 19.6 Å². The van der Waals surface area contributed by atoms with Gasteiger partial charge in [-0.25, -0.2) is 4.79 Å². The van der Waals surface area contributed by atoms with E-state index < -0.39 is 0 Å². The summed E-state index contributed by atoms with van der Waals surface area (Å²) in [5, 5.41) is 4.96. The number of amides is 1. The first kappa shape index (κ1) is 20.1. The molecule has 5 nitrogen and oxygen atoms in total. The van der Waals surface area contributed by atoms with E-state index in [1.54, 1.807) is 12.1 Å². The molecule has 2 aromatic carbocycles. The minimum absolute atomic E-state index is 0.0161. The Morgan fingerprint density at radius 2 is 1.77 bits per heavy atom. The number of nitrogens with one attached hydrogen (secondary N) is 1. The number of quaternary nitrogens is 1. The van der Waals surface area contributed by atoms with Crippen molar-refractivity contribution >= 4 is 27.8 Å². The number of rotatable bonds is 8. The monoisotopic (exact) mass is 419 g/mol. The van der Waals surface area contributed by atoms with Gasteiger partial charge in [0.25, 0.3) is 5.91 Å². The fraction of sp³-hybridized carbons (Fsp3) is 0.300. The van der Waals surface area contributed by atoms with E-state index in [0.29, 0.717) is 18.7 Å². The second-order valence-electron chi connectivity index (χ2n) is 5.97. The molecular weight excluding hydrogens is 396 g/mol. The highest BCUT2D eigenvalue weighted by Gasteiger charge is 2.14. The van der Waals surface area contributed by atoms with Gasteiger partial charge in [0.1, 0.15) is 6.04 Å². The van der Waals surface area contributed by atoms with Crippen molar-refractivity contribution in [1.29, 1.82) is 0 Å². The molecule has 1 atom stereocenters. The Balaban J connectivity index is 1.80. The summed E-state index contributed by atoms with van der Waals surface area (Å²) < 4.78 is 5.72. The normalized spacial score (nSPS) is 11.7. The molecule has 138 valence electrons. The third-order valence-corrected chi connectivity index (χ3v) is 4.72. The first-order valence-electron chi connectivity index (χ1n) is 8.56. The SMILES string of the molecule is CC[C@H]([NH2+]CC(=O)NCc1ccc(C(=O)OC)cc1)c1ccc(Br)cc1. The van der Waals surface area contributed by atoms with E-state index in [-0.39, 0.29) is 17.9 Å². The topological polar surface area (TPSA) is 72.0 Å². The Morgan fingerprint density at radius 1 is 1.12 bits per heavy atom. The van der Waals surface area contributed by atoms with Crippen molar-refractivity contribution in [2.45, 2.75) is 25.9 Å². The molecule has 0 aliphatic rings. The van der Waals surface area contributed by atoms with Crippen LogP contribution in [0.15, 0.2) is 53.0 Å². The average molecular weight is 420 g/mol. The number of ether oxygens (including phenoxy) is 1. The van der Waals surface area contributed by atoms with Gasteiger partial charge < -0.3 is 15.4 Å². The lowest BCUT2D eigenvalue weighted by molar-refractivity contribution is -0.686. The quantitative estimate of drug-likeness (QED) is 0.645. The summed E-state index contributed by atoms with van der Waals surface area (Å²) in [6, 6.07) is 15.5. The molecule has 0 unspecified atom stereocenters. The zero-order valence-corrected chi connectivity index (χ0v) is 16.6. The van der Waals surface area contributed by atoms with Gasteiger partial charge in [0.15, 0.2) is 6.54 Å². The predicted octanol–water partition coefficient (Wildman–Crippen LogP) is 2.57. The molecule has 0 saturated carbocycles. The molecule has 2 rings (SSSR count). The van der Waals surface area contributed by atoms with Crippen molar-refractivity contribution in [3.05, 3.63) is 69.7 Å². The first-order chi connectivity index (χ1) is 12.5. The number of halogens is 1. The lowest BCUT2D eigenvalue weighted by Crippen LogP contribution is -2.87. The molecule has 0 aromatic heterocycles. The Bertz CT molecular complexity index is 730. The molecule has 6 heteroatoms. The molecule has 3 N–H and O–H groups in total. The number of esters is 1. The zero-order valence-electron chi connectivity index (χ0n) is 15.0. The van der Waals surface area contributed by atoms with Gasteiger partial charge in [-0.3, -0.25) is 4.79 Å². The van der Waals surface area contributed by atoms with Crippen molar-refractivity contribution in [3.8, 4) is 0 Å². The lowest BCUT2D eigenvalue weighted by atomic mass is 10.0. The fourth-order valence-electron chi connectivity index (χ4n) is 2.65. The van der Waals surface area contributed by atoms with E-state index in [4.69, 9.17) is 0 Å². The summed E-state index contributed by atoms with van der Waals surface area (Å²) in [7, 11) is 1.35. The van der Waals surface area contributed by atoms with Crippen LogP contribution in [-0.2, 0) is 16.1 Å². The number of benzene rings is 2. The number of hydrogen-bond donors (Lipinski definition) is 2. The number of hydrogen-bond acceptors (Lipinski definition) is 3. The predicted molar refractivity (Wildman–Crippen MR) is 104 cm³/mol. The Hall–Kier alpha value is -2.18. The Morgan fingerprint density at radius 3 is 2.35 bits per heavy atom. The molecule has 0 aliphatic heterocycles. The van der Waals surface area contributed by atoms with Crippen LogP contribution in [-0.4, -0.2) is 25.5 Å². The third-order valence-electron chi connectivity index (χ3n) is 4.19. The number of methoxy groups -OCH3 is 1. The van der Waals surface area contributed by atoms with Gasteiger partial charge in [0.05, 0.1) is 12.7 Å². The van der Waals surface area contributed by atoms with Crippen molar-refractivity contribution in [2.24, 2.45) is 0 Å². The summed E-state index contributed by atoms with van der Waals surface area (Å²) in [4.78, 5) is 23.5. The van der Waals surface area contributed by atoms with Crippen LogP contribution >= 0.6 is 15.9 Å². The van der Waals surface area contributed by atoms with Crippen molar-refractivity contribution in [3.63, 3.8) is 0 Å². The van der Waals surface area contributed by atoms with Gasteiger partial charge in [0, 0.05) is 23.0 Å². The molecule has 26 heavy (non-hydrogen) atoms. The largest absolute Gasteiger partial charge is 0.465 e. The van der Waals surface area contributed by atoms with Crippen LogP contribution in [0.1, 0.15) is 40.9 Å². The third kappa shape index (κ3) is 5.97. The van der Waals surface area contributed by atoms with Crippen LogP contribution in [0.3, 0.4) is 0 Å². The van der Waals surface area contributed by atoms with E-state index in [2.05, 4.69) is 50.4 Å². The summed E-state index contributed by atoms with van der Waals surface area (Å²) in [5.74, 6) is -0.383. The molecule has 0 aliphatic carbocycles. The number of nitrogens with two attached hydrogens (primary N) is 1. The van der Waals surface area contributed by atoms with Crippen LogP contribution in [0.2, 0.25) is 0 Å². The number of carbonyl (C=O) groups is 2. The maximum absolute atomic E-state index is 12.1. The van der Waals surface area contributed by atoms with Gasteiger partial charge in [-0.05, 0) is 29.8 Å². The molecule has 1 amide bonds. The molecule has 0 fully saturated rings. The Labute approximate surface area is 162 Å². The zero-order chi connectivity index (χ0) is 18.9. The van der Waals surface area contributed by atoms with Gasteiger partial charge in [-0.15, -0.1) is 0 Å². The summed E-state index contributed by atoms with van der Waals surface area (Å²) in [6.07, 6.45) is 0.948. The first-order valence-corrected chi connectivity index (χ1v) is 9.35. The minimum atomic E-state index is -0.367. The van der Waals surface area contributed by atoms with Crippen LogP contribution in [0.4, 0.5) is 0 Å². The average Bonchev–Trinajstić information content (AvgIpc) is 2.68. The maximum Gasteiger partial charge on any atom is 0.337 e. The highest BCUT2D eigenvalue weighted by atomic mass is 79.9. The van der Waals surface area contributed by atoms with Gasteiger partial charge in [0.2, 0.25) is 0 Å². The van der Waals surface area contributed by atoms with Crippen LogP contribution in [0.5, 0.6) is 0 Å². The fourth-order valence-corrected chi connectivity index (χ4v) is 2.91. The standard InChI is InChI=1S/C20H23BrN2O3/c1-3-18(15-8-10-17(21)11-9-15)22-13-19(24)23-12-14-4-6-16(7-5-14)20(25)26-2/h4-11,18,22H,3,12-13H2,1-2H3,(H,23,24)/p+1/t18-/m0/s1. The van der Waals surface area contributed by atoms with E-state index in [1.807, 2.05) is 24.3 Å². The number of carbonyl (C=O) groups excluding carboxylic acids is 2. The molecule has 0 radical (unpaired) electrons. The molecule has 0 bridgehead atoms. The highest BCUT2D eigenvalue weighted by Crippen LogP contribution is 2.16. The summed E-state index contributed by atoms with van der Waals surface area (Å²) >= 11 is 3.44. The molecule has 0 heterocycles. The second kappa shape index (κ2) is 10.1. The maximum atomic E-state index is 12.1. The highest BCUT2D eigenvalue weighted by molar-refractivity contribution is 9.10. The van der Waals surface area contributed by atoms with Crippen molar-refractivity contribution in [1.82, 2.24) is 5.32 Å².